The molecule has 0 amide bonds. The average molecular weight is 208 g/mol. The molecule has 86 valence electrons. The summed E-state index contributed by atoms with van der Waals surface area (Å²) in [6.07, 6.45) is 3.30. The van der Waals surface area contributed by atoms with Crippen LogP contribution in [-0.4, -0.2) is 9.78 Å². The van der Waals surface area contributed by atoms with E-state index in [0.29, 0.717) is 5.41 Å². The van der Waals surface area contributed by atoms with Crippen LogP contribution in [0.4, 0.5) is 0 Å². The molecule has 2 heteroatoms. The van der Waals surface area contributed by atoms with Gasteiger partial charge in [0.1, 0.15) is 0 Å². The summed E-state index contributed by atoms with van der Waals surface area (Å²) in [6.45, 7) is 12.3. The van der Waals surface area contributed by atoms with Crippen LogP contribution in [0.2, 0.25) is 0 Å². The average Bonchev–Trinajstić information content (AvgIpc) is 2.56. The number of aryl methyl sites for hydroxylation is 3. The Hall–Kier alpha value is -0.790. The van der Waals surface area contributed by atoms with E-state index in [9.17, 15) is 0 Å². The van der Waals surface area contributed by atoms with Crippen LogP contribution in [0.1, 0.15) is 52.4 Å². The highest BCUT2D eigenvalue weighted by Crippen LogP contribution is 2.20. The van der Waals surface area contributed by atoms with Crippen molar-refractivity contribution in [1.29, 1.82) is 0 Å². The van der Waals surface area contributed by atoms with Crippen LogP contribution in [-0.2, 0) is 19.4 Å². The lowest BCUT2D eigenvalue weighted by atomic mass is 9.92. The lowest BCUT2D eigenvalue weighted by Crippen LogP contribution is -2.13. The Labute approximate surface area is 93.7 Å². The van der Waals surface area contributed by atoms with E-state index in [-0.39, 0.29) is 0 Å². The predicted molar refractivity (Wildman–Crippen MR) is 65.1 cm³/mol. The quantitative estimate of drug-likeness (QED) is 0.741. The van der Waals surface area contributed by atoms with Crippen molar-refractivity contribution in [1.82, 2.24) is 9.78 Å². The second-order valence-electron chi connectivity index (χ2n) is 5.37. The maximum atomic E-state index is 4.62. The molecule has 0 bridgehead atoms. The summed E-state index contributed by atoms with van der Waals surface area (Å²) >= 11 is 0. The summed E-state index contributed by atoms with van der Waals surface area (Å²) in [6, 6.07) is 2.24. The number of rotatable bonds is 4. The van der Waals surface area contributed by atoms with Crippen LogP contribution in [0.3, 0.4) is 0 Å². The Morgan fingerprint density at radius 1 is 1.20 bits per heavy atom. The van der Waals surface area contributed by atoms with Crippen LogP contribution >= 0.6 is 0 Å². The molecular weight excluding hydrogens is 184 g/mol. The highest BCUT2D eigenvalue weighted by Gasteiger charge is 2.12. The van der Waals surface area contributed by atoms with E-state index in [1.54, 1.807) is 0 Å². The van der Waals surface area contributed by atoms with Gasteiger partial charge in [0.25, 0.3) is 0 Å². The Kier molecular flexibility index (Phi) is 3.95. The first-order valence-corrected chi connectivity index (χ1v) is 6.02. The summed E-state index contributed by atoms with van der Waals surface area (Å²) < 4.78 is 2.18. The lowest BCUT2D eigenvalue weighted by Gasteiger charge is -2.18. The summed E-state index contributed by atoms with van der Waals surface area (Å²) in [4.78, 5) is 0. The fraction of sp³-hybridized carbons (Fsp3) is 0.769. The summed E-state index contributed by atoms with van der Waals surface area (Å²) in [5.41, 5.74) is 2.99. The van der Waals surface area contributed by atoms with Crippen molar-refractivity contribution in [2.24, 2.45) is 5.41 Å². The molecule has 1 aromatic rings. The molecule has 0 fully saturated rings. The molecule has 0 aliphatic heterocycles. The van der Waals surface area contributed by atoms with Crippen molar-refractivity contribution in [3.05, 3.63) is 17.5 Å². The monoisotopic (exact) mass is 208 g/mol. The molecule has 0 spiro atoms. The van der Waals surface area contributed by atoms with Crippen LogP contribution in [0.25, 0.3) is 0 Å². The fourth-order valence-electron chi connectivity index (χ4n) is 1.61. The Balaban J connectivity index is 2.71. The molecule has 0 saturated heterocycles. The Bertz CT molecular complexity index is 305. The second-order valence-corrected chi connectivity index (χ2v) is 5.37. The zero-order chi connectivity index (χ0) is 11.5. The summed E-state index contributed by atoms with van der Waals surface area (Å²) in [5, 5.41) is 4.62. The van der Waals surface area contributed by atoms with Gasteiger partial charge in [-0.15, -0.1) is 0 Å². The zero-order valence-corrected chi connectivity index (χ0v) is 10.8. The van der Waals surface area contributed by atoms with Crippen molar-refractivity contribution in [3.8, 4) is 0 Å². The lowest BCUT2D eigenvalue weighted by molar-refractivity contribution is 0.337. The van der Waals surface area contributed by atoms with Gasteiger partial charge < -0.3 is 0 Å². The van der Waals surface area contributed by atoms with E-state index in [2.05, 4.69) is 50.5 Å². The van der Waals surface area contributed by atoms with Gasteiger partial charge in [0.2, 0.25) is 0 Å². The van der Waals surface area contributed by atoms with E-state index in [4.69, 9.17) is 0 Å². The van der Waals surface area contributed by atoms with Crippen molar-refractivity contribution in [2.75, 3.05) is 0 Å². The molecule has 0 N–H and O–H groups in total. The predicted octanol–water partition coefficient (Wildman–Crippen LogP) is 3.44. The molecule has 0 aliphatic carbocycles. The summed E-state index contributed by atoms with van der Waals surface area (Å²) in [5.74, 6) is 0. The molecule has 0 aromatic carbocycles. The highest BCUT2D eigenvalue weighted by molar-refractivity contribution is 5.10. The third-order valence-corrected chi connectivity index (χ3v) is 2.71. The summed E-state index contributed by atoms with van der Waals surface area (Å²) in [7, 11) is 0. The molecule has 1 aromatic heterocycles. The minimum atomic E-state index is 0.392. The van der Waals surface area contributed by atoms with E-state index >= 15 is 0 Å². The third kappa shape index (κ3) is 3.69. The van der Waals surface area contributed by atoms with E-state index in [1.165, 1.54) is 17.8 Å². The van der Waals surface area contributed by atoms with Gasteiger partial charge in [0, 0.05) is 12.2 Å². The minimum Gasteiger partial charge on any atom is -0.269 e. The van der Waals surface area contributed by atoms with Crippen molar-refractivity contribution in [2.45, 2.75) is 60.4 Å². The molecule has 1 heterocycles. The maximum Gasteiger partial charge on any atom is 0.0624 e. The highest BCUT2D eigenvalue weighted by atomic mass is 15.3. The number of hydrogen-bond acceptors (Lipinski definition) is 1. The number of hydrogen-bond donors (Lipinski definition) is 0. The fourth-order valence-corrected chi connectivity index (χ4v) is 1.61. The largest absolute Gasteiger partial charge is 0.269 e. The van der Waals surface area contributed by atoms with Crippen molar-refractivity contribution in [3.63, 3.8) is 0 Å². The molecule has 0 saturated carbocycles. The van der Waals surface area contributed by atoms with Gasteiger partial charge in [0.15, 0.2) is 0 Å². The first-order valence-electron chi connectivity index (χ1n) is 6.02. The molecule has 0 atom stereocenters. The van der Waals surface area contributed by atoms with Gasteiger partial charge in [-0.3, -0.25) is 4.68 Å². The molecule has 0 unspecified atom stereocenters. The van der Waals surface area contributed by atoms with Crippen LogP contribution in [0.5, 0.6) is 0 Å². The first-order chi connectivity index (χ1) is 6.96. The van der Waals surface area contributed by atoms with Crippen LogP contribution in [0, 0.1) is 5.41 Å². The van der Waals surface area contributed by atoms with Gasteiger partial charge in [0.05, 0.1) is 5.69 Å². The minimum absolute atomic E-state index is 0.392. The maximum absolute atomic E-state index is 4.62. The number of nitrogens with zero attached hydrogens (tertiary/aromatic N) is 2. The normalized spacial score (nSPS) is 12.1. The topological polar surface area (TPSA) is 17.8 Å². The standard InChI is InChI=1S/C13H24N2/c1-6-11-10-12(7-2)15(14-11)9-8-13(3,4)5/h10H,6-9H2,1-5H3. The van der Waals surface area contributed by atoms with Gasteiger partial charge in [-0.1, -0.05) is 34.6 Å². The van der Waals surface area contributed by atoms with Gasteiger partial charge in [-0.2, -0.15) is 5.10 Å². The first kappa shape index (κ1) is 12.3. The molecule has 0 radical (unpaired) electrons. The van der Waals surface area contributed by atoms with E-state index in [0.717, 1.165) is 19.4 Å². The second kappa shape index (κ2) is 4.82. The van der Waals surface area contributed by atoms with E-state index < -0.39 is 0 Å². The molecular formula is C13H24N2. The Morgan fingerprint density at radius 3 is 2.33 bits per heavy atom. The molecule has 15 heavy (non-hydrogen) atoms. The third-order valence-electron chi connectivity index (χ3n) is 2.71. The molecule has 0 aliphatic rings. The zero-order valence-electron chi connectivity index (χ0n) is 10.8. The van der Waals surface area contributed by atoms with Crippen LogP contribution < -0.4 is 0 Å². The molecule has 2 nitrogen and oxygen atoms in total. The van der Waals surface area contributed by atoms with Gasteiger partial charge in [-0.25, -0.2) is 0 Å². The van der Waals surface area contributed by atoms with Crippen molar-refractivity contribution < 1.29 is 0 Å². The molecule has 1 rings (SSSR count). The van der Waals surface area contributed by atoms with E-state index in [1.807, 2.05) is 0 Å². The SMILES string of the molecule is CCc1cc(CC)n(CCC(C)(C)C)n1. The smallest absolute Gasteiger partial charge is 0.0624 e. The van der Waals surface area contributed by atoms with Gasteiger partial charge >= 0.3 is 0 Å². The number of aromatic nitrogens is 2. The van der Waals surface area contributed by atoms with Gasteiger partial charge in [-0.05, 0) is 30.7 Å². The Morgan fingerprint density at radius 2 is 1.87 bits per heavy atom. The van der Waals surface area contributed by atoms with Crippen molar-refractivity contribution >= 4 is 0 Å². The van der Waals surface area contributed by atoms with Crippen LogP contribution in [0.15, 0.2) is 6.07 Å².